The Morgan fingerprint density at radius 3 is 0.868 bits per heavy atom. The molecule has 0 aromatic heterocycles. The summed E-state index contributed by atoms with van der Waals surface area (Å²) in [5.41, 5.74) is 3.26. The average molecular weight is 939 g/mol. The molecule has 0 bridgehead atoms. The molecular weight excluding hydrogens is 881 g/mol. The van der Waals surface area contributed by atoms with E-state index in [0.717, 1.165) is 22.3 Å². The molecule has 2 saturated heterocycles. The van der Waals surface area contributed by atoms with Gasteiger partial charge >= 0.3 is 0 Å². The SMILES string of the molecule is O=C(NCCc1ccc(F)cc1)C1CN(C(=O)C2CCC[C@@H](C(=O)N3CC(C(=O)NCCc4ccc(F)cc4)[C@H](C(=O)NCCc4ccc(F)cc4)C3)C2)C[C@H]1C(=O)NCCc1ccc(F)cc1. The number of carbonyl (C=O) groups is 6. The predicted molar refractivity (Wildman–Crippen MR) is 245 cm³/mol. The molecule has 0 spiro atoms. The Balaban J connectivity index is 0.982. The molecule has 3 aliphatic rings. The number of likely N-dealkylation sites (tertiary alicyclic amines) is 2. The first kappa shape index (κ1) is 49.3. The summed E-state index contributed by atoms with van der Waals surface area (Å²) in [6.07, 6.45) is 3.49. The van der Waals surface area contributed by atoms with Crippen LogP contribution in [0.5, 0.6) is 0 Å². The van der Waals surface area contributed by atoms with Crippen molar-refractivity contribution in [1.82, 2.24) is 31.1 Å². The second-order valence-electron chi connectivity index (χ2n) is 18.1. The third-order valence-electron chi connectivity index (χ3n) is 13.5. The van der Waals surface area contributed by atoms with E-state index < -0.39 is 59.1 Å². The summed E-state index contributed by atoms with van der Waals surface area (Å²) in [5.74, 6) is -8.16. The van der Waals surface area contributed by atoms with Gasteiger partial charge in [-0.2, -0.15) is 0 Å². The molecule has 4 N–H and O–H groups in total. The average Bonchev–Trinajstić information content (AvgIpc) is 4.01. The van der Waals surface area contributed by atoms with Crippen LogP contribution in [0.1, 0.15) is 47.9 Å². The van der Waals surface area contributed by atoms with Gasteiger partial charge < -0.3 is 31.1 Å². The van der Waals surface area contributed by atoms with E-state index in [1.54, 1.807) is 58.3 Å². The van der Waals surface area contributed by atoms with Gasteiger partial charge in [-0.1, -0.05) is 55.0 Å². The van der Waals surface area contributed by atoms with Gasteiger partial charge in [0, 0.05) is 64.2 Å². The molecule has 12 nitrogen and oxygen atoms in total. The number of nitrogens with one attached hydrogen (secondary N) is 4. The van der Waals surface area contributed by atoms with Crippen molar-refractivity contribution in [3.8, 4) is 0 Å². The monoisotopic (exact) mass is 938 g/mol. The number of hydrogen-bond donors (Lipinski definition) is 4. The zero-order valence-electron chi connectivity index (χ0n) is 37.9. The number of halogens is 4. The lowest BCUT2D eigenvalue weighted by Gasteiger charge is -2.32. The highest BCUT2D eigenvalue weighted by Crippen LogP contribution is 2.36. The molecule has 16 heteroatoms. The maximum absolute atomic E-state index is 14.3. The molecule has 3 fully saturated rings. The van der Waals surface area contributed by atoms with Gasteiger partial charge in [0.25, 0.3) is 0 Å². The Morgan fingerprint density at radius 2 is 0.632 bits per heavy atom. The van der Waals surface area contributed by atoms with Crippen LogP contribution in [-0.4, -0.2) is 97.6 Å². The number of amides is 6. The van der Waals surface area contributed by atoms with Crippen molar-refractivity contribution >= 4 is 35.4 Å². The van der Waals surface area contributed by atoms with E-state index in [-0.39, 0.29) is 93.9 Å². The molecule has 68 heavy (non-hydrogen) atoms. The number of hydrogen-bond acceptors (Lipinski definition) is 6. The van der Waals surface area contributed by atoms with E-state index >= 15 is 0 Å². The largest absolute Gasteiger partial charge is 0.355 e. The van der Waals surface area contributed by atoms with E-state index in [1.165, 1.54) is 48.5 Å². The molecule has 4 aromatic carbocycles. The Bertz CT molecular complexity index is 2080. The third kappa shape index (κ3) is 13.3. The van der Waals surface area contributed by atoms with Gasteiger partial charge in [0.2, 0.25) is 35.4 Å². The quantitative estimate of drug-likeness (QED) is 0.104. The number of benzene rings is 4. The molecular formula is C52H58F4N6O6. The number of rotatable bonds is 18. The minimum Gasteiger partial charge on any atom is -0.355 e. The second kappa shape index (κ2) is 23.4. The van der Waals surface area contributed by atoms with Gasteiger partial charge in [0.1, 0.15) is 23.3 Å². The summed E-state index contributed by atoms with van der Waals surface area (Å²) in [6.45, 7) is 0.897. The van der Waals surface area contributed by atoms with Gasteiger partial charge in [-0.25, -0.2) is 17.6 Å². The molecule has 6 atom stereocenters. The van der Waals surface area contributed by atoms with Crippen LogP contribution in [0.25, 0.3) is 0 Å². The van der Waals surface area contributed by atoms with Crippen molar-refractivity contribution in [3.05, 3.63) is 143 Å². The summed E-state index contributed by atoms with van der Waals surface area (Å²) in [7, 11) is 0. The van der Waals surface area contributed by atoms with Crippen LogP contribution in [0.15, 0.2) is 97.1 Å². The molecule has 2 aliphatic heterocycles. The molecule has 2 heterocycles. The summed E-state index contributed by atoms with van der Waals surface area (Å²) >= 11 is 0. The third-order valence-corrected chi connectivity index (χ3v) is 13.5. The Hall–Kier alpha value is -6.58. The van der Waals surface area contributed by atoms with Crippen molar-refractivity contribution in [1.29, 1.82) is 0 Å². The van der Waals surface area contributed by atoms with Crippen LogP contribution in [0.2, 0.25) is 0 Å². The Labute approximate surface area is 393 Å². The van der Waals surface area contributed by atoms with Gasteiger partial charge in [-0.3, -0.25) is 28.8 Å². The summed E-state index contributed by atoms with van der Waals surface area (Å²) in [6, 6.07) is 23.7. The van der Waals surface area contributed by atoms with Crippen molar-refractivity contribution in [2.24, 2.45) is 35.5 Å². The van der Waals surface area contributed by atoms with E-state index in [2.05, 4.69) is 21.3 Å². The molecule has 4 aromatic rings. The lowest BCUT2D eigenvalue weighted by Crippen LogP contribution is -2.42. The van der Waals surface area contributed by atoms with Gasteiger partial charge in [-0.05, 0) is 116 Å². The predicted octanol–water partition coefficient (Wildman–Crippen LogP) is 4.93. The van der Waals surface area contributed by atoms with Crippen molar-refractivity contribution in [2.45, 2.75) is 51.4 Å². The lowest BCUT2D eigenvalue weighted by molar-refractivity contribution is -0.140. The highest BCUT2D eigenvalue weighted by atomic mass is 19.1. The van der Waals surface area contributed by atoms with Crippen LogP contribution in [0.3, 0.4) is 0 Å². The van der Waals surface area contributed by atoms with E-state index in [9.17, 15) is 46.3 Å². The summed E-state index contributed by atoms with van der Waals surface area (Å²) < 4.78 is 53.9. The fraction of sp³-hybridized carbons (Fsp3) is 0.423. The maximum atomic E-state index is 14.3. The Kier molecular flexibility index (Phi) is 17.0. The highest BCUT2D eigenvalue weighted by molar-refractivity contribution is 5.92. The van der Waals surface area contributed by atoms with Gasteiger partial charge in [0.05, 0.1) is 23.7 Å². The molecule has 3 unspecified atom stereocenters. The first-order valence-electron chi connectivity index (χ1n) is 23.5. The first-order chi connectivity index (χ1) is 32.8. The smallest absolute Gasteiger partial charge is 0.225 e. The van der Waals surface area contributed by atoms with E-state index in [1.807, 2.05) is 0 Å². The van der Waals surface area contributed by atoms with Crippen LogP contribution in [0.4, 0.5) is 17.6 Å². The number of nitrogens with zero attached hydrogens (tertiary/aromatic N) is 2. The van der Waals surface area contributed by atoms with Crippen LogP contribution in [0, 0.1) is 58.8 Å². The Morgan fingerprint density at radius 1 is 0.397 bits per heavy atom. The van der Waals surface area contributed by atoms with E-state index in [4.69, 9.17) is 0 Å². The van der Waals surface area contributed by atoms with Crippen LogP contribution < -0.4 is 21.3 Å². The minimum atomic E-state index is -0.860. The van der Waals surface area contributed by atoms with Crippen molar-refractivity contribution in [3.63, 3.8) is 0 Å². The standard InChI is InChI=1S/C52H58F4N6O6/c53-39-12-4-33(5-13-39)20-24-57-47(63)43-29-61(30-44(43)48(64)58-25-21-34-6-14-40(54)15-7-34)51(67)37-2-1-3-38(28-37)52(68)62-31-45(49(65)59-26-22-35-8-16-41(55)17-9-35)46(32-62)50(66)60-27-23-36-10-18-42(56)19-11-36/h4-19,37-38,43-46H,1-3,20-32H2,(H,57,63)(H,58,64)(H,59,65)(H,60,66)/t37-,38?,43-,44?,45-,46?/m1/s1. The highest BCUT2D eigenvalue weighted by Gasteiger charge is 2.48. The van der Waals surface area contributed by atoms with E-state index in [0.29, 0.717) is 44.9 Å². The van der Waals surface area contributed by atoms with Crippen LogP contribution >= 0.6 is 0 Å². The first-order valence-corrected chi connectivity index (χ1v) is 23.5. The van der Waals surface area contributed by atoms with Crippen LogP contribution in [-0.2, 0) is 54.5 Å². The van der Waals surface area contributed by atoms with Crippen molar-refractivity contribution < 1.29 is 46.3 Å². The maximum Gasteiger partial charge on any atom is 0.225 e. The lowest BCUT2D eigenvalue weighted by atomic mass is 9.80. The normalized spacial score (nSPS) is 21.2. The zero-order chi connectivity index (χ0) is 48.2. The molecule has 1 aliphatic carbocycles. The zero-order valence-corrected chi connectivity index (χ0v) is 37.9. The molecule has 0 radical (unpaired) electrons. The molecule has 360 valence electrons. The molecule has 6 amide bonds. The minimum absolute atomic E-state index is 0.00555. The number of carbonyl (C=O) groups excluding carboxylic acids is 6. The summed E-state index contributed by atoms with van der Waals surface area (Å²) in [5, 5.41) is 11.6. The molecule has 7 rings (SSSR count). The molecule has 1 saturated carbocycles. The summed E-state index contributed by atoms with van der Waals surface area (Å²) in [4.78, 5) is 86.7. The second-order valence-corrected chi connectivity index (χ2v) is 18.1. The van der Waals surface area contributed by atoms with Gasteiger partial charge in [0.15, 0.2) is 0 Å². The fourth-order valence-electron chi connectivity index (χ4n) is 9.63. The van der Waals surface area contributed by atoms with Gasteiger partial charge in [-0.15, -0.1) is 0 Å². The topological polar surface area (TPSA) is 157 Å². The fourth-order valence-corrected chi connectivity index (χ4v) is 9.63. The van der Waals surface area contributed by atoms with Crippen molar-refractivity contribution in [2.75, 3.05) is 52.4 Å².